The van der Waals surface area contributed by atoms with E-state index >= 15 is 0 Å². The molecule has 35 heavy (non-hydrogen) atoms. The van der Waals surface area contributed by atoms with Crippen LogP contribution in [0.3, 0.4) is 0 Å². The van der Waals surface area contributed by atoms with Gasteiger partial charge < -0.3 is 19.0 Å². The van der Waals surface area contributed by atoms with Gasteiger partial charge in [-0.1, -0.05) is 30.3 Å². The Morgan fingerprint density at radius 2 is 1.83 bits per heavy atom. The topological polar surface area (TPSA) is 72.9 Å². The van der Waals surface area contributed by atoms with Crippen molar-refractivity contribution >= 4 is 0 Å². The van der Waals surface area contributed by atoms with Crippen LogP contribution in [-0.4, -0.2) is 45.6 Å². The number of hydrogen-bond acceptors (Lipinski definition) is 6. The van der Waals surface area contributed by atoms with E-state index in [1.54, 1.807) is 23.1 Å². The Kier molecular flexibility index (Phi) is 8.31. The molecule has 7 nitrogen and oxygen atoms in total. The number of aliphatic hydroxyl groups is 1. The lowest BCUT2D eigenvalue weighted by Crippen LogP contribution is -2.34. The number of aliphatic hydroxyl groups excluding tert-OH is 1. The van der Waals surface area contributed by atoms with Gasteiger partial charge in [0.15, 0.2) is 0 Å². The van der Waals surface area contributed by atoms with E-state index in [1.807, 2.05) is 56.4 Å². The Labute approximate surface area is 204 Å². The Morgan fingerprint density at radius 3 is 2.51 bits per heavy atom. The maximum absolute atomic E-state index is 13.4. The lowest BCUT2D eigenvalue weighted by Gasteiger charge is -2.24. The molecular weight excluding hydrogens is 449 g/mol. The molecular formula is C27H30FN3O4. The van der Waals surface area contributed by atoms with Crippen LogP contribution in [0, 0.1) is 5.82 Å². The molecule has 0 saturated carbocycles. The molecule has 0 aliphatic heterocycles. The van der Waals surface area contributed by atoms with E-state index in [2.05, 4.69) is 4.90 Å². The van der Waals surface area contributed by atoms with Crippen molar-refractivity contribution in [1.29, 1.82) is 0 Å². The Bertz CT molecular complexity index is 1180. The number of rotatable bonds is 12. The maximum Gasteiger partial charge on any atom is 0.222 e. The van der Waals surface area contributed by atoms with Crippen molar-refractivity contribution in [3.63, 3.8) is 0 Å². The zero-order valence-corrected chi connectivity index (χ0v) is 19.9. The van der Waals surface area contributed by atoms with Crippen LogP contribution in [0.15, 0.2) is 77.4 Å². The number of nitrogens with zero attached hydrogens (tertiary/aromatic N) is 3. The first-order valence-electron chi connectivity index (χ1n) is 11.6. The van der Waals surface area contributed by atoms with Crippen molar-refractivity contribution < 1.29 is 23.4 Å². The minimum Gasteiger partial charge on any atom is -0.468 e. The van der Waals surface area contributed by atoms with Gasteiger partial charge in [0, 0.05) is 32.3 Å². The van der Waals surface area contributed by atoms with E-state index in [4.69, 9.17) is 19.0 Å². The Morgan fingerprint density at radius 1 is 1.06 bits per heavy atom. The fourth-order valence-corrected chi connectivity index (χ4v) is 3.90. The zero-order valence-electron chi connectivity index (χ0n) is 19.9. The van der Waals surface area contributed by atoms with E-state index in [0.717, 1.165) is 22.6 Å². The van der Waals surface area contributed by atoms with Gasteiger partial charge in [0.05, 0.1) is 31.1 Å². The highest BCUT2D eigenvalue weighted by atomic mass is 19.1. The summed E-state index contributed by atoms with van der Waals surface area (Å²) in [4.78, 5) is 2.07. The van der Waals surface area contributed by atoms with Gasteiger partial charge in [-0.15, -0.1) is 0 Å². The molecule has 0 spiro atoms. The fraction of sp³-hybridized carbons (Fsp3) is 0.296. The third kappa shape index (κ3) is 6.57. The molecule has 0 radical (unpaired) electrons. The number of aryl methyl sites for hydroxylation is 1. The number of halogens is 1. The predicted molar refractivity (Wildman–Crippen MR) is 130 cm³/mol. The highest BCUT2D eigenvalue weighted by Crippen LogP contribution is 2.34. The van der Waals surface area contributed by atoms with E-state index in [1.165, 1.54) is 12.1 Å². The summed E-state index contributed by atoms with van der Waals surface area (Å²) in [5.74, 6) is 1.49. The summed E-state index contributed by atoms with van der Waals surface area (Å²) in [7, 11) is 1.82. The number of furan rings is 1. The van der Waals surface area contributed by atoms with Crippen LogP contribution in [0.1, 0.15) is 18.2 Å². The van der Waals surface area contributed by atoms with Gasteiger partial charge in [0.2, 0.25) is 5.88 Å². The average Bonchev–Trinajstić information content (AvgIpc) is 3.48. The van der Waals surface area contributed by atoms with Gasteiger partial charge in [0.25, 0.3) is 0 Å². The summed E-state index contributed by atoms with van der Waals surface area (Å²) in [6, 6.07) is 19.5. The van der Waals surface area contributed by atoms with Crippen LogP contribution in [-0.2, 0) is 24.9 Å². The predicted octanol–water partition coefficient (Wildman–Crippen LogP) is 5.01. The molecule has 4 aromatic rings. The summed E-state index contributed by atoms with van der Waals surface area (Å²) >= 11 is 0. The van der Waals surface area contributed by atoms with Crippen molar-refractivity contribution in [3.05, 3.63) is 90.1 Å². The van der Waals surface area contributed by atoms with E-state index in [-0.39, 0.29) is 12.4 Å². The highest BCUT2D eigenvalue weighted by Gasteiger charge is 2.24. The lowest BCUT2D eigenvalue weighted by molar-refractivity contribution is 0.0167. The normalized spacial score (nSPS) is 12.3. The summed E-state index contributed by atoms with van der Waals surface area (Å²) in [5.41, 5.74) is 2.56. The molecule has 0 aliphatic rings. The second kappa shape index (κ2) is 11.8. The molecule has 184 valence electrons. The minimum absolute atomic E-state index is 0.239. The van der Waals surface area contributed by atoms with E-state index < -0.39 is 6.10 Å². The third-order valence-electron chi connectivity index (χ3n) is 5.49. The molecule has 4 rings (SSSR count). The molecule has 0 saturated heterocycles. The Hall–Kier alpha value is -3.46. The van der Waals surface area contributed by atoms with Gasteiger partial charge in [-0.25, -0.2) is 9.07 Å². The van der Waals surface area contributed by atoms with Crippen molar-refractivity contribution in [3.8, 4) is 22.9 Å². The molecule has 2 heterocycles. The van der Waals surface area contributed by atoms with Crippen molar-refractivity contribution in [1.82, 2.24) is 14.7 Å². The SMILES string of the molecule is CCOC[C@H](O)CN(Cc1ccco1)Cc1c(-c2ccccc2)nn(C)c1Oc1ccc(F)cc1. The fourth-order valence-electron chi connectivity index (χ4n) is 3.90. The quantitative estimate of drug-likeness (QED) is 0.308. The molecule has 1 N–H and O–H groups in total. The minimum atomic E-state index is -0.678. The average molecular weight is 480 g/mol. The molecule has 0 amide bonds. The second-order valence-electron chi connectivity index (χ2n) is 8.24. The van der Waals surface area contributed by atoms with Gasteiger partial charge in [0.1, 0.15) is 23.0 Å². The molecule has 2 aromatic carbocycles. The van der Waals surface area contributed by atoms with Crippen LogP contribution >= 0.6 is 0 Å². The van der Waals surface area contributed by atoms with Crippen molar-refractivity contribution in [2.75, 3.05) is 19.8 Å². The lowest BCUT2D eigenvalue weighted by atomic mass is 10.1. The van der Waals surface area contributed by atoms with Crippen LogP contribution < -0.4 is 4.74 Å². The molecule has 2 aromatic heterocycles. The van der Waals surface area contributed by atoms with Crippen molar-refractivity contribution in [2.45, 2.75) is 26.1 Å². The maximum atomic E-state index is 13.4. The first-order chi connectivity index (χ1) is 17.0. The van der Waals surface area contributed by atoms with E-state index in [0.29, 0.717) is 37.9 Å². The number of hydrogen-bond donors (Lipinski definition) is 1. The van der Waals surface area contributed by atoms with Crippen LogP contribution in [0.5, 0.6) is 11.6 Å². The Balaban J connectivity index is 1.69. The smallest absolute Gasteiger partial charge is 0.222 e. The van der Waals surface area contributed by atoms with Crippen LogP contribution in [0.4, 0.5) is 4.39 Å². The third-order valence-corrected chi connectivity index (χ3v) is 5.49. The van der Waals surface area contributed by atoms with Gasteiger partial charge in [-0.3, -0.25) is 4.90 Å². The number of benzene rings is 2. The second-order valence-corrected chi connectivity index (χ2v) is 8.24. The summed E-state index contributed by atoms with van der Waals surface area (Å²) < 4.78 is 32.3. The summed E-state index contributed by atoms with van der Waals surface area (Å²) in [6.07, 6.45) is 0.954. The monoisotopic (exact) mass is 479 g/mol. The van der Waals surface area contributed by atoms with Crippen LogP contribution in [0.2, 0.25) is 0 Å². The standard InChI is InChI=1S/C27H30FN3O4/c1-3-33-19-22(32)16-31(17-24-10-7-15-34-24)18-25-26(20-8-5-4-6-9-20)29-30(2)27(25)35-23-13-11-21(28)12-14-23/h4-15,22,32H,3,16-19H2,1-2H3/t22-/m1/s1. The molecule has 0 bridgehead atoms. The first kappa shape index (κ1) is 24.7. The molecule has 0 fully saturated rings. The highest BCUT2D eigenvalue weighted by molar-refractivity contribution is 5.65. The van der Waals surface area contributed by atoms with Gasteiger partial charge in [-0.2, -0.15) is 5.10 Å². The molecule has 1 atom stereocenters. The number of ether oxygens (including phenoxy) is 2. The van der Waals surface area contributed by atoms with Gasteiger partial charge >= 0.3 is 0 Å². The van der Waals surface area contributed by atoms with Gasteiger partial charge in [-0.05, 0) is 43.3 Å². The summed E-state index contributed by atoms with van der Waals surface area (Å²) in [5, 5.41) is 15.3. The first-order valence-corrected chi connectivity index (χ1v) is 11.6. The van der Waals surface area contributed by atoms with Crippen molar-refractivity contribution in [2.24, 2.45) is 7.05 Å². The van der Waals surface area contributed by atoms with Crippen LogP contribution in [0.25, 0.3) is 11.3 Å². The summed E-state index contributed by atoms with van der Waals surface area (Å²) in [6.45, 7) is 3.94. The number of aromatic nitrogens is 2. The molecule has 0 aliphatic carbocycles. The zero-order chi connectivity index (χ0) is 24.6. The molecule has 8 heteroatoms. The largest absolute Gasteiger partial charge is 0.468 e. The molecule has 0 unspecified atom stereocenters. The van der Waals surface area contributed by atoms with E-state index in [9.17, 15) is 9.50 Å².